The topological polar surface area (TPSA) is 99.5 Å². The Morgan fingerprint density at radius 2 is 1.79 bits per heavy atom. The number of hydrogen-bond acceptors (Lipinski definition) is 4. The Kier molecular flexibility index (Phi) is 6.82. The molecular weight excluding hydrogens is 426 g/mol. The Morgan fingerprint density at radius 1 is 1.03 bits per heavy atom. The molecule has 3 amide bonds. The van der Waals surface area contributed by atoms with Gasteiger partial charge in [0.05, 0.1) is 0 Å². The van der Waals surface area contributed by atoms with Crippen molar-refractivity contribution in [1.29, 1.82) is 0 Å². The van der Waals surface area contributed by atoms with Crippen molar-refractivity contribution in [3.8, 4) is 0 Å². The maximum absolute atomic E-state index is 13.3. The summed E-state index contributed by atoms with van der Waals surface area (Å²) in [5.74, 6) is -0.161. The third-order valence-corrected chi connectivity index (χ3v) is 5.85. The second kappa shape index (κ2) is 10.1. The molecule has 3 aromatic carbocycles. The molecule has 2 heterocycles. The van der Waals surface area contributed by atoms with E-state index in [2.05, 4.69) is 22.5 Å². The van der Waals surface area contributed by atoms with E-state index < -0.39 is 6.04 Å². The quantitative estimate of drug-likeness (QED) is 0.478. The highest BCUT2D eigenvalue weighted by Gasteiger charge is 2.21. The predicted molar refractivity (Wildman–Crippen MR) is 136 cm³/mol. The lowest BCUT2D eigenvalue weighted by molar-refractivity contribution is -0.122. The van der Waals surface area contributed by atoms with Crippen LogP contribution >= 0.6 is 0 Å². The van der Waals surface area contributed by atoms with E-state index in [4.69, 9.17) is 5.73 Å². The predicted octanol–water partition coefficient (Wildman–Crippen LogP) is 4.11. The van der Waals surface area contributed by atoms with Crippen LogP contribution in [0.25, 0.3) is 5.70 Å². The Hall–Kier alpha value is -4.26. The molecule has 174 valence electrons. The molecule has 4 bridgehead atoms. The number of carbonyl (C=O) groups excluding carboxylic acids is 2. The van der Waals surface area contributed by atoms with Gasteiger partial charge in [0.2, 0.25) is 5.91 Å². The van der Waals surface area contributed by atoms with Crippen molar-refractivity contribution in [2.75, 3.05) is 24.2 Å². The van der Waals surface area contributed by atoms with Crippen molar-refractivity contribution < 1.29 is 9.59 Å². The van der Waals surface area contributed by atoms with Crippen molar-refractivity contribution in [2.24, 2.45) is 5.73 Å². The molecule has 0 spiro atoms. The summed E-state index contributed by atoms with van der Waals surface area (Å²) in [7, 11) is 1.78. The number of hydrogen-bond donors (Lipinski definition) is 4. The average molecular weight is 456 g/mol. The third kappa shape index (κ3) is 5.56. The molecule has 0 fully saturated rings. The zero-order chi connectivity index (χ0) is 24.1. The van der Waals surface area contributed by atoms with Crippen LogP contribution in [0.4, 0.5) is 16.2 Å². The first kappa shape index (κ1) is 22.9. The van der Waals surface area contributed by atoms with Crippen LogP contribution in [0.1, 0.15) is 28.3 Å². The molecule has 1 atom stereocenters. The van der Waals surface area contributed by atoms with Crippen LogP contribution in [0.15, 0.2) is 79.4 Å². The molecular formula is C27H29N5O2. The molecule has 3 aromatic rings. The SMILES string of the molecule is C=C(N)c1cccc(NC2C(=O)NCc3cccc(c3)NC(=O)N(C)CCc3ccc2cc3)c1. The Bertz CT molecular complexity index is 1210. The van der Waals surface area contributed by atoms with Gasteiger partial charge in [-0.15, -0.1) is 0 Å². The first-order valence-corrected chi connectivity index (χ1v) is 11.2. The molecule has 0 saturated heterocycles. The van der Waals surface area contributed by atoms with Crippen LogP contribution < -0.4 is 21.7 Å². The van der Waals surface area contributed by atoms with Gasteiger partial charge in [0.25, 0.3) is 0 Å². The summed E-state index contributed by atoms with van der Waals surface area (Å²) >= 11 is 0. The standard InChI is InChI=1S/C27H29N5O2/c1-18(28)22-6-4-8-24(16-22)30-25-21-11-9-19(10-12-21)13-14-32(2)27(34)31-23-7-3-5-20(15-23)17-29-26(25)33/h3-12,15-16,25,30H,1,13-14,17,28H2,2H3,(H,29,33)(H,31,34). The summed E-state index contributed by atoms with van der Waals surface area (Å²) in [6, 6.07) is 22.1. The number of nitrogens with two attached hydrogens (primary N) is 1. The summed E-state index contributed by atoms with van der Waals surface area (Å²) in [4.78, 5) is 27.5. The van der Waals surface area contributed by atoms with Gasteiger partial charge in [0, 0.05) is 37.2 Å². The molecule has 7 nitrogen and oxygen atoms in total. The summed E-state index contributed by atoms with van der Waals surface area (Å²) < 4.78 is 0. The average Bonchev–Trinajstić information content (AvgIpc) is 2.84. The van der Waals surface area contributed by atoms with E-state index in [1.54, 1.807) is 11.9 Å². The van der Waals surface area contributed by atoms with E-state index in [1.165, 1.54) is 0 Å². The fraction of sp³-hybridized carbons (Fsp3) is 0.185. The van der Waals surface area contributed by atoms with E-state index in [-0.39, 0.29) is 11.9 Å². The van der Waals surface area contributed by atoms with Gasteiger partial charge in [0.1, 0.15) is 6.04 Å². The number of nitrogens with zero attached hydrogens (tertiary/aromatic N) is 1. The van der Waals surface area contributed by atoms with Crippen molar-refractivity contribution in [3.63, 3.8) is 0 Å². The molecule has 5 rings (SSSR count). The molecule has 2 aliphatic rings. The molecule has 0 aliphatic carbocycles. The number of likely N-dealkylation sites (N-methyl/N-ethyl adjacent to an activating group) is 1. The molecule has 7 heteroatoms. The third-order valence-electron chi connectivity index (χ3n) is 5.85. The minimum Gasteiger partial charge on any atom is -0.399 e. The van der Waals surface area contributed by atoms with Crippen molar-refractivity contribution in [1.82, 2.24) is 10.2 Å². The fourth-order valence-electron chi connectivity index (χ4n) is 3.82. The fourth-order valence-corrected chi connectivity index (χ4v) is 3.82. The maximum Gasteiger partial charge on any atom is 0.321 e. The molecule has 34 heavy (non-hydrogen) atoms. The lowest BCUT2D eigenvalue weighted by atomic mass is 10.0. The maximum atomic E-state index is 13.3. The summed E-state index contributed by atoms with van der Waals surface area (Å²) in [5, 5.41) is 9.29. The van der Waals surface area contributed by atoms with Crippen molar-refractivity contribution >= 4 is 29.0 Å². The van der Waals surface area contributed by atoms with Gasteiger partial charge in [-0.05, 0) is 52.9 Å². The van der Waals surface area contributed by atoms with E-state index >= 15 is 0 Å². The van der Waals surface area contributed by atoms with Crippen LogP contribution in [-0.2, 0) is 17.8 Å². The smallest absolute Gasteiger partial charge is 0.321 e. The van der Waals surface area contributed by atoms with Crippen LogP contribution in [0.2, 0.25) is 0 Å². The van der Waals surface area contributed by atoms with Gasteiger partial charge in [-0.1, -0.05) is 55.1 Å². The Labute approximate surface area is 199 Å². The highest BCUT2D eigenvalue weighted by atomic mass is 16.2. The van der Waals surface area contributed by atoms with E-state index in [0.717, 1.165) is 27.9 Å². The normalized spacial score (nSPS) is 16.5. The number of benzene rings is 3. The van der Waals surface area contributed by atoms with Crippen molar-refractivity contribution in [2.45, 2.75) is 19.0 Å². The monoisotopic (exact) mass is 455 g/mol. The second-order valence-corrected chi connectivity index (χ2v) is 8.44. The summed E-state index contributed by atoms with van der Waals surface area (Å²) in [6.45, 7) is 4.70. The Morgan fingerprint density at radius 3 is 2.56 bits per heavy atom. The minimum atomic E-state index is -0.603. The van der Waals surface area contributed by atoms with Gasteiger partial charge in [-0.25, -0.2) is 4.79 Å². The highest BCUT2D eigenvalue weighted by molar-refractivity contribution is 5.89. The van der Waals surface area contributed by atoms with E-state index in [9.17, 15) is 9.59 Å². The Balaban J connectivity index is 1.65. The van der Waals surface area contributed by atoms with Crippen LogP contribution in [0.5, 0.6) is 0 Å². The molecule has 2 aliphatic heterocycles. The largest absolute Gasteiger partial charge is 0.399 e. The zero-order valence-electron chi connectivity index (χ0n) is 19.2. The number of carbonyl (C=O) groups is 2. The molecule has 5 N–H and O–H groups in total. The van der Waals surface area contributed by atoms with Gasteiger partial charge in [-0.3, -0.25) is 4.79 Å². The number of anilines is 2. The number of amides is 3. The zero-order valence-corrected chi connectivity index (χ0v) is 19.2. The molecule has 0 saturated carbocycles. The lowest BCUT2D eigenvalue weighted by Gasteiger charge is -2.22. The second-order valence-electron chi connectivity index (χ2n) is 8.44. The first-order chi connectivity index (χ1) is 16.4. The summed E-state index contributed by atoms with van der Waals surface area (Å²) in [6.07, 6.45) is 0.704. The first-order valence-electron chi connectivity index (χ1n) is 11.2. The molecule has 0 radical (unpaired) electrons. The van der Waals surface area contributed by atoms with Crippen LogP contribution in [0.3, 0.4) is 0 Å². The van der Waals surface area contributed by atoms with Crippen LogP contribution in [-0.4, -0.2) is 30.4 Å². The molecule has 0 aromatic heterocycles. The van der Waals surface area contributed by atoms with E-state index in [1.807, 2.05) is 72.8 Å². The van der Waals surface area contributed by atoms with Gasteiger partial charge < -0.3 is 26.6 Å². The van der Waals surface area contributed by atoms with Crippen molar-refractivity contribution in [3.05, 3.63) is 102 Å². The molecule has 1 unspecified atom stereocenters. The van der Waals surface area contributed by atoms with E-state index in [0.29, 0.717) is 30.9 Å². The van der Waals surface area contributed by atoms with Gasteiger partial charge in [-0.2, -0.15) is 0 Å². The van der Waals surface area contributed by atoms with Crippen LogP contribution in [0, 0.1) is 0 Å². The van der Waals surface area contributed by atoms with Gasteiger partial charge >= 0.3 is 6.03 Å². The number of rotatable bonds is 3. The highest BCUT2D eigenvalue weighted by Crippen LogP contribution is 2.23. The van der Waals surface area contributed by atoms with Gasteiger partial charge in [0.15, 0.2) is 0 Å². The minimum absolute atomic E-state index is 0.161. The number of urea groups is 1. The number of nitrogens with one attached hydrogen (secondary N) is 3. The lowest BCUT2D eigenvalue weighted by Crippen LogP contribution is -2.34. The summed E-state index contributed by atoms with van der Waals surface area (Å²) in [5.41, 5.74) is 11.4. The number of fused-ring (bicyclic) bond motifs is 9.